The lowest BCUT2D eigenvalue weighted by molar-refractivity contribution is 0.0192. The molecule has 2 heterocycles. The highest BCUT2D eigenvalue weighted by Gasteiger charge is 2.37. The van der Waals surface area contributed by atoms with Crippen molar-refractivity contribution in [2.45, 2.75) is 65.7 Å². The number of hydrogen-bond acceptors (Lipinski definition) is 4. The summed E-state index contributed by atoms with van der Waals surface area (Å²) < 4.78 is 11.5. The highest BCUT2D eigenvalue weighted by Crippen LogP contribution is 2.26. The Labute approximate surface area is 132 Å². The molecule has 22 heavy (non-hydrogen) atoms. The molecule has 0 aromatic carbocycles. The van der Waals surface area contributed by atoms with Crippen LogP contribution in [0, 0.1) is 13.8 Å². The van der Waals surface area contributed by atoms with Gasteiger partial charge in [-0.15, -0.1) is 0 Å². The van der Waals surface area contributed by atoms with Gasteiger partial charge >= 0.3 is 6.09 Å². The summed E-state index contributed by atoms with van der Waals surface area (Å²) in [6.07, 6.45) is 0.516. The van der Waals surface area contributed by atoms with Gasteiger partial charge < -0.3 is 14.4 Å². The highest BCUT2D eigenvalue weighted by atomic mass is 16.6. The minimum Gasteiger partial charge on any atom is -0.488 e. The van der Waals surface area contributed by atoms with Crippen LogP contribution < -0.4 is 4.74 Å². The lowest BCUT2D eigenvalue weighted by Gasteiger charge is -2.28. The Morgan fingerprint density at radius 3 is 2.41 bits per heavy atom. The van der Waals surface area contributed by atoms with Crippen molar-refractivity contribution in [1.29, 1.82) is 0 Å². The molecule has 122 valence electrons. The zero-order valence-electron chi connectivity index (χ0n) is 14.3. The van der Waals surface area contributed by atoms with Gasteiger partial charge in [-0.2, -0.15) is 0 Å². The van der Waals surface area contributed by atoms with Gasteiger partial charge in [-0.1, -0.05) is 0 Å². The van der Waals surface area contributed by atoms with Crippen LogP contribution in [-0.2, 0) is 4.74 Å². The van der Waals surface area contributed by atoms with Gasteiger partial charge in [0.25, 0.3) is 0 Å². The monoisotopic (exact) mass is 306 g/mol. The number of likely N-dealkylation sites (tertiary alicyclic amines) is 1. The fourth-order valence-electron chi connectivity index (χ4n) is 2.69. The fourth-order valence-corrected chi connectivity index (χ4v) is 2.69. The maximum Gasteiger partial charge on any atom is 0.410 e. The third-order valence-electron chi connectivity index (χ3n) is 3.65. The van der Waals surface area contributed by atoms with Gasteiger partial charge in [0.2, 0.25) is 0 Å². The lowest BCUT2D eigenvalue weighted by atomic mass is 10.2. The molecule has 2 atom stereocenters. The molecular weight excluding hydrogens is 280 g/mol. The maximum absolute atomic E-state index is 12.2. The number of ether oxygens (including phenoxy) is 2. The second-order valence-electron chi connectivity index (χ2n) is 6.94. The molecule has 0 N–H and O–H groups in total. The lowest BCUT2D eigenvalue weighted by Crippen LogP contribution is -2.42. The Balaban J connectivity index is 2.02. The molecule has 1 aromatic heterocycles. The van der Waals surface area contributed by atoms with Gasteiger partial charge in [-0.05, 0) is 41.5 Å². The molecule has 1 aromatic rings. The van der Waals surface area contributed by atoms with Gasteiger partial charge in [-0.3, -0.25) is 4.98 Å². The normalized spacial score (nSPS) is 21.8. The minimum absolute atomic E-state index is 0.0105. The van der Waals surface area contributed by atoms with Crippen LogP contribution in [0.2, 0.25) is 0 Å². The average Bonchev–Trinajstić information content (AvgIpc) is 2.67. The van der Waals surface area contributed by atoms with Crippen LogP contribution in [0.15, 0.2) is 12.1 Å². The number of aromatic nitrogens is 1. The van der Waals surface area contributed by atoms with E-state index >= 15 is 0 Å². The summed E-state index contributed by atoms with van der Waals surface area (Å²) in [5.74, 6) is 0.813. The van der Waals surface area contributed by atoms with Crippen molar-refractivity contribution in [2.75, 3.05) is 6.54 Å². The zero-order chi connectivity index (χ0) is 16.5. The molecule has 0 spiro atoms. The van der Waals surface area contributed by atoms with E-state index in [-0.39, 0.29) is 18.2 Å². The molecule has 0 aliphatic carbocycles. The largest absolute Gasteiger partial charge is 0.488 e. The van der Waals surface area contributed by atoms with E-state index in [1.807, 2.05) is 53.7 Å². The fraction of sp³-hybridized carbons (Fsp3) is 0.647. The number of nitrogens with zero attached hydrogens (tertiary/aromatic N) is 2. The number of carbonyl (C=O) groups is 1. The van der Waals surface area contributed by atoms with E-state index in [1.165, 1.54) is 0 Å². The first-order valence-corrected chi connectivity index (χ1v) is 7.77. The molecule has 1 fully saturated rings. The first-order chi connectivity index (χ1) is 10.2. The quantitative estimate of drug-likeness (QED) is 0.839. The summed E-state index contributed by atoms with van der Waals surface area (Å²) in [5.41, 5.74) is 1.39. The van der Waals surface area contributed by atoms with Crippen LogP contribution in [0.3, 0.4) is 0 Å². The van der Waals surface area contributed by atoms with E-state index in [4.69, 9.17) is 9.47 Å². The van der Waals surface area contributed by atoms with Crippen LogP contribution in [-0.4, -0.2) is 40.3 Å². The molecule has 5 nitrogen and oxygen atoms in total. The van der Waals surface area contributed by atoms with Gasteiger partial charge in [0.05, 0.1) is 6.04 Å². The SMILES string of the molecule is Cc1cc(O[C@@H]2CCN(C(=O)OC(C)(C)C)[C@H]2C)cc(C)n1. The zero-order valence-corrected chi connectivity index (χ0v) is 14.3. The van der Waals surface area contributed by atoms with Gasteiger partial charge in [0.15, 0.2) is 0 Å². The van der Waals surface area contributed by atoms with Crippen molar-refractivity contribution in [1.82, 2.24) is 9.88 Å². The van der Waals surface area contributed by atoms with Crippen LogP contribution >= 0.6 is 0 Å². The topological polar surface area (TPSA) is 51.7 Å². The van der Waals surface area contributed by atoms with Crippen molar-refractivity contribution in [3.8, 4) is 5.75 Å². The van der Waals surface area contributed by atoms with Crippen molar-refractivity contribution in [2.24, 2.45) is 0 Å². The number of pyridine rings is 1. The third kappa shape index (κ3) is 4.12. The first kappa shape index (κ1) is 16.6. The molecule has 0 bridgehead atoms. The Hall–Kier alpha value is -1.78. The maximum atomic E-state index is 12.2. The summed E-state index contributed by atoms with van der Waals surface area (Å²) in [4.78, 5) is 18.3. The van der Waals surface area contributed by atoms with Crippen molar-refractivity contribution >= 4 is 6.09 Å². The summed E-state index contributed by atoms with van der Waals surface area (Å²) in [6.45, 7) is 12.2. The molecule has 2 rings (SSSR count). The summed E-state index contributed by atoms with van der Waals surface area (Å²) in [7, 11) is 0. The van der Waals surface area contributed by atoms with Crippen molar-refractivity contribution in [3.05, 3.63) is 23.5 Å². The first-order valence-electron chi connectivity index (χ1n) is 7.77. The standard InChI is InChI=1S/C17H26N2O3/c1-11-9-14(10-12(2)18-11)21-15-7-8-19(13(15)3)16(20)22-17(4,5)6/h9-10,13,15H,7-8H2,1-6H3/t13-,15+/m0/s1. The molecule has 5 heteroatoms. The third-order valence-corrected chi connectivity index (χ3v) is 3.65. The van der Waals surface area contributed by atoms with Gasteiger partial charge in [-0.25, -0.2) is 4.79 Å². The summed E-state index contributed by atoms with van der Waals surface area (Å²) in [6, 6.07) is 3.84. The van der Waals surface area contributed by atoms with Gasteiger partial charge in [0, 0.05) is 36.5 Å². The molecule has 0 radical (unpaired) electrons. The Bertz CT molecular complexity index is 531. The van der Waals surface area contributed by atoms with Crippen molar-refractivity contribution in [3.63, 3.8) is 0 Å². The molecule has 1 aliphatic heterocycles. The second kappa shape index (κ2) is 6.15. The Kier molecular flexibility index (Phi) is 4.63. The molecule has 0 saturated carbocycles. The van der Waals surface area contributed by atoms with E-state index in [1.54, 1.807) is 4.90 Å². The second-order valence-corrected chi connectivity index (χ2v) is 6.94. The number of hydrogen-bond donors (Lipinski definition) is 0. The van der Waals surface area contributed by atoms with E-state index in [9.17, 15) is 4.79 Å². The van der Waals surface area contributed by atoms with E-state index < -0.39 is 5.60 Å². The molecular formula is C17H26N2O3. The predicted molar refractivity (Wildman–Crippen MR) is 85.1 cm³/mol. The van der Waals surface area contributed by atoms with Crippen LogP contribution in [0.4, 0.5) is 4.79 Å². The Morgan fingerprint density at radius 2 is 1.86 bits per heavy atom. The van der Waals surface area contributed by atoms with Crippen LogP contribution in [0.1, 0.15) is 45.5 Å². The molecule has 1 saturated heterocycles. The number of carbonyl (C=O) groups excluding carboxylic acids is 1. The minimum atomic E-state index is -0.477. The number of rotatable bonds is 2. The summed E-state index contributed by atoms with van der Waals surface area (Å²) in [5, 5.41) is 0. The van der Waals surface area contributed by atoms with Crippen LogP contribution in [0.25, 0.3) is 0 Å². The average molecular weight is 306 g/mol. The molecule has 0 unspecified atom stereocenters. The van der Waals surface area contributed by atoms with E-state index in [0.29, 0.717) is 6.54 Å². The number of aryl methyl sites for hydroxylation is 2. The smallest absolute Gasteiger partial charge is 0.410 e. The summed E-state index contributed by atoms with van der Waals surface area (Å²) >= 11 is 0. The van der Waals surface area contributed by atoms with Crippen LogP contribution in [0.5, 0.6) is 5.75 Å². The number of amides is 1. The predicted octanol–water partition coefficient (Wildman–Crippen LogP) is 3.48. The molecule has 1 aliphatic rings. The Morgan fingerprint density at radius 1 is 1.27 bits per heavy atom. The highest BCUT2D eigenvalue weighted by molar-refractivity contribution is 5.69. The van der Waals surface area contributed by atoms with E-state index in [2.05, 4.69) is 4.98 Å². The van der Waals surface area contributed by atoms with E-state index in [0.717, 1.165) is 23.6 Å². The van der Waals surface area contributed by atoms with Crippen molar-refractivity contribution < 1.29 is 14.3 Å². The molecule has 1 amide bonds. The van der Waals surface area contributed by atoms with Gasteiger partial charge in [0.1, 0.15) is 17.5 Å².